The number of aryl methyl sites for hydroxylation is 1. The van der Waals surface area contributed by atoms with Crippen LogP contribution in [0.2, 0.25) is 0 Å². The van der Waals surface area contributed by atoms with Gasteiger partial charge in [-0.25, -0.2) is 0 Å². The maximum absolute atomic E-state index is 12.3. The quantitative estimate of drug-likeness (QED) is 0.868. The summed E-state index contributed by atoms with van der Waals surface area (Å²) in [6, 6.07) is 3.72. The number of carbonyl (C=O) groups excluding carboxylic acids is 1. The Morgan fingerprint density at radius 2 is 2.15 bits per heavy atom. The standard InChI is InChI=1S/C16H24N2O2/c1-12-7-8-14(11-17-12)16(20)18-15(9-10-19)13-5-3-2-4-6-13/h7-8,11,13,15,19H,2-6,9-10H2,1H3,(H,18,20). The van der Waals surface area contributed by atoms with Crippen molar-refractivity contribution in [3.63, 3.8) is 0 Å². The molecule has 1 aromatic heterocycles. The van der Waals surface area contributed by atoms with Crippen LogP contribution in [0, 0.1) is 12.8 Å². The molecule has 1 unspecified atom stereocenters. The fourth-order valence-corrected chi connectivity index (χ4v) is 2.96. The van der Waals surface area contributed by atoms with Crippen molar-refractivity contribution in [1.29, 1.82) is 0 Å². The van der Waals surface area contributed by atoms with Gasteiger partial charge in [0.1, 0.15) is 0 Å². The average molecular weight is 276 g/mol. The molecule has 0 spiro atoms. The van der Waals surface area contributed by atoms with E-state index >= 15 is 0 Å². The first kappa shape index (κ1) is 15.0. The van der Waals surface area contributed by atoms with E-state index in [1.165, 1.54) is 19.3 Å². The number of nitrogens with one attached hydrogen (secondary N) is 1. The zero-order chi connectivity index (χ0) is 14.4. The minimum absolute atomic E-state index is 0.0779. The van der Waals surface area contributed by atoms with Crippen molar-refractivity contribution in [3.05, 3.63) is 29.6 Å². The second-order valence-corrected chi connectivity index (χ2v) is 5.68. The summed E-state index contributed by atoms with van der Waals surface area (Å²) in [7, 11) is 0. The summed E-state index contributed by atoms with van der Waals surface area (Å²) in [5.74, 6) is 0.416. The third kappa shape index (κ3) is 4.04. The van der Waals surface area contributed by atoms with Gasteiger partial charge >= 0.3 is 0 Å². The van der Waals surface area contributed by atoms with Gasteiger partial charge in [-0.3, -0.25) is 9.78 Å². The predicted octanol–water partition coefficient (Wildman–Crippen LogP) is 2.45. The predicted molar refractivity (Wildman–Crippen MR) is 78.5 cm³/mol. The summed E-state index contributed by atoms with van der Waals surface area (Å²) in [5, 5.41) is 12.3. The first-order valence-electron chi connectivity index (χ1n) is 7.55. The molecule has 4 nitrogen and oxygen atoms in total. The molecule has 1 atom stereocenters. The molecule has 1 fully saturated rings. The molecule has 1 aliphatic rings. The molecule has 0 radical (unpaired) electrons. The number of amides is 1. The lowest BCUT2D eigenvalue weighted by atomic mass is 9.82. The fourth-order valence-electron chi connectivity index (χ4n) is 2.96. The van der Waals surface area contributed by atoms with E-state index in [0.717, 1.165) is 18.5 Å². The van der Waals surface area contributed by atoms with Gasteiger partial charge in [0.25, 0.3) is 5.91 Å². The lowest BCUT2D eigenvalue weighted by Gasteiger charge is -2.30. The van der Waals surface area contributed by atoms with Crippen LogP contribution in [0.4, 0.5) is 0 Å². The molecule has 20 heavy (non-hydrogen) atoms. The van der Waals surface area contributed by atoms with Gasteiger partial charge in [-0.1, -0.05) is 19.3 Å². The van der Waals surface area contributed by atoms with Gasteiger partial charge in [0.05, 0.1) is 5.56 Å². The summed E-state index contributed by atoms with van der Waals surface area (Å²) < 4.78 is 0. The zero-order valence-electron chi connectivity index (χ0n) is 12.1. The second kappa shape index (κ2) is 7.39. The molecular weight excluding hydrogens is 252 g/mol. The first-order valence-corrected chi connectivity index (χ1v) is 7.55. The van der Waals surface area contributed by atoms with Crippen LogP contribution >= 0.6 is 0 Å². The van der Waals surface area contributed by atoms with E-state index in [2.05, 4.69) is 10.3 Å². The van der Waals surface area contributed by atoms with Crippen LogP contribution in [0.5, 0.6) is 0 Å². The highest BCUT2D eigenvalue weighted by Gasteiger charge is 2.25. The van der Waals surface area contributed by atoms with Gasteiger partial charge in [0, 0.05) is 24.5 Å². The van der Waals surface area contributed by atoms with E-state index in [1.807, 2.05) is 13.0 Å². The highest BCUT2D eigenvalue weighted by molar-refractivity contribution is 5.94. The van der Waals surface area contributed by atoms with Crippen LogP contribution in [0.1, 0.15) is 54.6 Å². The molecule has 0 aromatic carbocycles. The average Bonchev–Trinajstić information content (AvgIpc) is 2.48. The summed E-state index contributed by atoms with van der Waals surface area (Å²) in [6.07, 6.45) is 8.30. The van der Waals surface area contributed by atoms with Gasteiger partial charge < -0.3 is 10.4 Å². The molecule has 2 rings (SSSR count). The van der Waals surface area contributed by atoms with E-state index in [1.54, 1.807) is 12.3 Å². The minimum atomic E-state index is -0.0819. The van der Waals surface area contributed by atoms with Crippen LogP contribution in [0.3, 0.4) is 0 Å². The van der Waals surface area contributed by atoms with Gasteiger partial charge in [-0.2, -0.15) is 0 Å². The van der Waals surface area contributed by atoms with E-state index < -0.39 is 0 Å². The zero-order valence-corrected chi connectivity index (χ0v) is 12.1. The molecular formula is C16H24N2O2. The molecule has 1 aromatic rings. The molecule has 4 heteroatoms. The smallest absolute Gasteiger partial charge is 0.253 e. The van der Waals surface area contributed by atoms with Crippen molar-refractivity contribution in [2.75, 3.05) is 6.61 Å². The SMILES string of the molecule is Cc1ccc(C(=O)NC(CCO)C2CCCCC2)cn1. The van der Waals surface area contributed by atoms with Crippen LogP contribution in [-0.2, 0) is 0 Å². The molecule has 1 heterocycles. The summed E-state index contributed by atoms with van der Waals surface area (Å²) in [5.41, 5.74) is 1.50. The Kier molecular flexibility index (Phi) is 5.53. The van der Waals surface area contributed by atoms with Gasteiger partial charge in [0.15, 0.2) is 0 Å². The number of carbonyl (C=O) groups is 1. The number of hydrogen-bond donors (Lipinski definition) is 2. The Morgan fingerprint density at radius 3 is 2.75 bits per heavy atom. The number of pyridine rings is 1. The minimum Gasteiger partial charge on any atom is -0.396 e. The van der Waals surface area contributed by atoms with E-state index in [-0.39, 0.29) is 18.6 Å². The Morgan fingerprint density at radius 1 is 1.40 bits per heavy atom. The molecule has 0 aliphatic heterocycles. The summed E-state index contributed by atoms with van der Waals surface area (Å²) in [6.45, 7) is 2.02. The van der Waals surface area contributed by atoms with Crippen LogP contribution in [-0.4, -0.2) is 28.6 Å². The van der Waals surface area contributed by atoms with Gasteiger partial charge in [0.2, 0.25) is 0 Å². The summed E-state index contributed by atoms with van der Waals surface area (Å²) >= 11 is 0. The summed E-state index contributed by atoms with van der Waals surface area (Å²) in [4.78, 5) is 16.4. The van der Waals surface area contributed by atoms with Crippen molar-refractivity contribution in [2.45, 2.75) is 51.5 Å². The molecule has 1 amide bonds. The topological polar surface area (TPSA) is 62.2 Å². The van der Waals surface area contributed by atoms with Gasteiger partial charge in [-0.15, -0.1) is 0 Å². The van der Waals surface area contributed by atoms with Gasteiger partial charge in [-0.05, 0) is 44.2 Å². The lowest BCUT2D eigenvalue weighted by molar-refractivity contribution is 0.0899. The number of hydrogen-bond acceptors (Lipinski definition) is 3. The number of rotatable bonds is 5. The number of aliphatic hydroxyl groups is 1. The van der Waals surface area contributed by atoms with E-state index in [9.17, 15) is 9.90 Å². The fraction of sp³-hybridized carbons (Fsp3) is 0.625. The molecule has 0 saturated heterocycles. The maximum Gasteiger partial charge on any atom is 0.253 e. The first-order chi connectivity index (χ1) is 9.70. The highest BCUT2D eigenvalue weighted by atomic mass is 16.3. The Labute approximate surface area is 120 Å². The second-order valence-electron chi connectivity index (χ2n) is 5.68. The molecule has 1 saturated carbocycles. The Balaban J connectivity index is 1.99. The third-order valence-corrected chi connectivity index (χ3v) is 4.15. The monoisotopic (exact) mass is 276 g/mol. The highest BCUT2D eigenvalue weighted by Crippen LogP contribution is 2.27. The normalized spacial score (nSPS) is 17.7. The molecule has 2 N–H and O–H groups in total. The number of aliphatic hydroxyl groups excluding tert-OH is 1. The Bertz CT molecular complexity index is 425. The molecule has 1 aliphatic carbocycles. The van der Waals surface area contributed by atoms with Crippen LogP contribution in [0.25, 0.3) is 0 Å². The van der Waals surface area contributed by atoms with Crippen LogP contribution < -0.4 is 5.32 Å². The van der Waals surface area contributed by atoms with E-state index in [4.69, 9.17) is 0 Å². The van der Waals surface area contributed by atoms with Crippen molar-refractivity contribution in [3.8, 4) is 0 Å². The maximum atomic E-state index is 12.3. The molecule has 110 valence electrons. The largest absolute Gasteiger partial charge is 0.396 e. The third-order valence-electron chi connectivity index (χ3n) is 4.15. The Hall–Kier alpha value is -1.42. The molecule has 0 bridgehead atoms. The van der Waals surface area contributed by atoms with Crippen molar-refractivity contribution in [1.82, 2.24) is 10.3 Å². The van der Waals surface area contributed by atoms with Crippen molar-refractivity contribution >= 4 is 5.91 Å². The number of aromatic nitrogens is 1. The lowest BCUT2D eigenvalue weighted by Crippen LogP contribution is -2.41. The van der Waals surface area contributed by atoms with Crippen molar-refractivity contribution in [2.24, 2.45) is 5.92 Å². The van der Waals surface area contributed by atoms with E-state index in [0.29, 0.717) is 17.9 Å². The van der Waals surface area contributed by atoms with Crippen molar-refractivity contribution < 1.29 is 9.90 Å². The number of nitrogens with zero attached hydrogens (tertiary/aromatic N) is 1. The van der Waals surface area contributed by atoms with Crippen LogP contribution in [0.15, 0.2) is 18.3 Å².